The lowest BCUT2D eigenvalue weighted by atomic mass is 10.3. The van der Waals surface area contributed by atoms with Crippen LogP contribution in [0.3, 0.4) is 0 Å². The van der Waals surface area contributed by atoms with Crippen LogP contribution in [0.15, 0.2) is 16.6 Å². The number of hydrogen-bond acceptors (Lipinski definition) is 2. The normalized spacial score (nSPS) is 11.3. The second-order valence-corrected chi connectivity index (χ2v) is 3.96. The molecule has 1 heterocycles. The Labute approximate surface area is 98.2 Å². The number of pyridine rings is 1. The molecule has 0 saturated carbocycles. The third-order valence-electron chi connectivity index (χ3n) is 1.65. The summed E-state index contributed by atoms with van der Waals surface area (Å²) in [5.41, 5.74) is 0.588. The number of carbonyl (C=O) groups is 1. The molecule has 0 radical (unpaired) electrons. The third-order valence-corrected chi connectivity index (χ3v) is 2.49. The molecule has 0 aliphatic rings. The van der Waals surface area contributed by atoms with E-state index in [9.17, 15) is 18.0 Å². The van der Waals surface area contributed by atoms with Gasteiger partial charge in [-0.1, -0.05) is 0 Å². The Morgan fingerprint density at radius 1 is 1.50 bits per heavy atom. The lowest BCUT2D eigenvalue weighted by molar-refractivity contribution is -0.150. The smallest absolute Gasteiger partial charge is 0.310 e. The van der Waals surface area contributed by atoms with Crippen LogP contribution >= 0.6 is 15.9 Å². The maximum Gasteiger partial charge on any atom is 0.397 e. The highest BCUT2D eigenvalue weighted by Crippen LogP contribution is 2.21. The Morgan fingerprint density at radius 3 is 2.62 bits per heavy atom. The van der Waals surface area contributed by atoms with Gasteiger partial charge in [-0.15, -0.1) is 0 Å². The molecule has 1 aromatic heterocycles. The molecule has 0 aromatic carbocycles. The maximum absolute atomic E-state index is 11.9. The van der Waals surface area contributed by atoms with E-state index in [1.807, 2.05) is 0 Å². The fourth-order valence-corrected chi connectivity index (χ4v) is 1.20. The molecule has 1 rings (SSSR count). The van der Waals surface area contributed by atoms with Crippen LogP contribution in [0.2, 0.25) is 0 Å². The van der Waals surface area contributed by atoms with Gasteiger partial charge < -0.3 is 5.32 Å². The number of carbonyl (C=O) groups excluding carboxylic acids is 1. The summed E-state index contributed by atoms with van der Waals surface area (Å²) in [6, 6.07) is 3.02. The van der Waals surface area contributed by atoms with Crippen molar-refractivity contribution in [1.29, 1.82) is 0 Å². The maximum atomic E-state index is 11.9. The summed E-state index contributed by atoms with van der Waals surface area (Å²) in [7, 11) is 0. The first-order chi connectivity index (χ1) is 7.28. The SMILES string of the molecule is Cc1nc(NC(=O)CC(F)(F)F)ccc1Br. The van der Waals surface area contributed by atoms with E-state index in [0.29, 0.717) is 5.69 Å². The first-order valence-corrected chi connectivity index (χ1v) is 5.07. The van der Waals surface area contributed by atoms with Crippen LogP contribution in [0.4, 0.5) is 19.0 Å². The van der Waals surface area contributed by atoms with Gasteiger partial charge in [-0.3, -0.25) is 4.79 Å². The summed E-state index contributed by atoms with van der Waals surface area (Å²) in [6.07, 6.45) is -6.02. The fourth-order valence-electron chi connectivity index (χ4n) is 0.983. The highest BCUT2D eigenvalue weighted by Gasteiger charge is 2.31. The molecule has 0 fully saturated rings. The van der Waals surface area contributed by atoms with Crippen LogP contribution in [0.1, 0.15) is 12.1 Å². The number of rotatable bonds is 2. The quantitative estimate of drug-likeness (QED) is 0.911. The van der Waals surface area contributed by atoms with E-state index in [0.717, 1.165) is 4.47 Å². The van der Waals surface area contributed by atoms with E-state index < -0.39 is 18.5 Å². The minimum absolute atomic E-state index is 0.106. The first kappa shape index (κ1) is 13.0. The average Bonchev–Trinajstić information content (AvgIpc) is 2.08. The van der Waals surface area contributed by atoms with Crippen LogP contribution in [-0.4, -0.2) is 17.1 Å². The number of nitrogens with zero attached hydrogens (tertiary/aromatic N) is 1. The zero-order valence-corrected chi connectivity index (χ0v) is 9.82. The third kappa shape index (κ3) is 4.18. The van der Waals surface area contributed by atoms with Crippen LogP contribution in [0.25, 0.3) is 0 Å². The second-order valence-electron chi connectivity index (χ2n) is 3.10. The highest BCUT2D eigenvalue weighted by molar-refractivity contribution is 9.10. The van der Waals surface area contributed by atoms with Crippen molar-refractivity contribution in [2.45, 2.75) is 19.5 Å². The molecule has 16 heavy (non-hydrogen) atoms. The van der Waals surface area contributed by atoms with Gasteiger partial charge >= 0.3 is 6.18 Å². The second kappa shape index (κ2) is 4.82. The number of hydrogen-bond donors (Lipinski definition) is 1. The first-order valence-electron chi connectivity index (χ1n) is 4.28. The van der Waals surface area contributed by atoms with Crippen molar-refractivity contribution in [2.75, 3.05) is 5.32 Å². The van der Waals surface area contributed by atoms with Crippen molar-refractivity contribution in [3.8, 4) is 0 Å². The van der Waals surface area contributed by atoms with E-state index in [-0.39, 0.29) is 5.82 Å². The predicted molar refractivity (Wildman–Crippen MR) is 56.0 cm³/mol. The number of alkyl halides is 3. The van der Waals surface area contributed by atoms with Crippen molar-refractivity contribution < 1.29 is 18.0 Å². The van der Waals surface area contributed by atoms with Crippen molar-refractivity contribution in [2.24, 2.45) is 0 Å². The van der Waals surface area contributed by atoms with Gasteiger partial charge in [0.2, 0.25) is 5.91 Å². The fraction of sp³-hybridized carbons (Fsp3) is 0.333. The monoisotopic (exact) mass is 296 g/mol. The zero-order valence-electron chi connectivity index (χ0n) is 8.23. The van der Waals surface area contributed by atoms with Gasteiger partial charge in [-0.2, -0.15) is 13.2 Å². The zero-order chi connectivity index (χ0) is 12.3. The molecule has 0 aliphatic carbocycles. The molecular weight excluding hydrogens is 289 g/mol. The van der Waals surface area contributed by atoms with E-state index in [2.05, 4.69) is 26.2 Å². The topological polar surface area (TPSA) is 42.0 Å². The van der Waals surface area contributed by atoms with Crippen LogP contribution < -0.4 is 5.32 Å². The number of amides is 1. The Bertz CT molecular complexity index is 406. The number of aromatic nitrogens is 1. The Balaban J connectivity index is 2.67. The summed E-state index contributed by atoms with van der Waals surface area (Å²) in [6.45, 7) is 1.67. The van der Waals surface area contributed by atoms with Crippen LogP contribution in [0.5, 0.6) is 0 Å². The molecule has 88 valence electrons. The lowest BCUT2D eigenvalue weighted by Gasteiger charge is -2.07. The number of anilines is 1. The van der Waals surface area contributed by atoms with Gasteiger partial charge in [0.15, 0.2) is 0 Å². The van der Waals surface area contributed by atoms with Gasteiger partial charge in [0.05, 0.1) is 5.69 Å². The van der Waals surface area contributed by atoms with E-state index >= 15 is 0 Å². The van der Waals surface area contributed by atoms with Gasteiger partial charge in [0, 0.05) is 4.47 Å². The largest absolute Gasteiger partial charge is 0.397 e. The van der Waals surface area contributed by atoms with Crippen LogP contribution in [-0.2, 0) is 4.79 Å². The van der Waals surface area contributed by atoms with Crippen molar-refractivity contribution in [3.63, 3.8) is 0 Å². The Hall–Kier alpha value is -1.11. The molecule has 7 heteroatoms. The molecule has 1 N–H and O–H groups in total. The molecule has 3 nitrogen and oxygen atoms in total. The molecular formula is C9H8BrF3N2O. The number of halogens is 4. The minimum Gasteiger partial charge on any atom is -0.310 e. The summed E-state index contributed by atoms with van der Waals surface area (Å²) < 4.78 is 36.3. The van der Waals surface area contributed by atoms with Crippen molar-refractivity contribution >= 4 is 27.7 Å². The molecule has 0 unspecified atom stereocenters. The summed E-state index contributed by atoms with van der Waals surface area (Å²) >= 11 is 3.19. The van der Waals surface area contributed by atoms with E-state index in [1.54, 1.807) is 13.0 Å². The lowest BCUT2D eigenvalue weighted by Crippen LogP contribution is -2.21. The van der Waals surface area contributed by atoms with E-state index in [4.69, 9.17) is 0 Å². The molecule has 1 aromatic rings. The summed E-state index contributed by atoms with van der Waals surface area (Å²) in [5.74, 6) is -1.02. The number of aryl methyl sites for hydroxylation is 1. The predicted octanol–water partition coefficient (Wildman–Crippen LogP) is 3.04. The highest BCUT2D eigenvalue weighted by atomic mass is 79.9. The molecule has 0 saturated heterocycles. The Morgan fingerprint density at radius 2 is 2.12 bits per heavy atom. The van der Waals surface area contributed by atoms with Crippen molar-refractivity contribution in [1.82, 2.24) is 4.98 Å². The molecule has 0 spiro atoms. The standard InChI is InChI=1S/C9H8BrF3N2O/c1-5-6(10)2-3-7(14-5)15-8(16)4-9(11,12)13/h2-3H,4H2,1H3,(H,14,15,16). The molecule has 0 bridgehead atoms. The summed E-state index contributed by atoms with van der Waals surface area (Å²) in [5, 5.41) is 2.08. The van der Waals surface area contributed by atoms with Gasteiger partial charge in [0.25, 0.3) is 0 Å². The molecule has 0 aliphatic heterocycles. The molecule has 0 atom stereocenters. The van der Waals surface area contributed by atoms with E-state index in [1.165, 1.54) is 6.07 Å². The Kier molecular flexibility index (Phi) is 3.90. The van der Waals surface area contributed by atoms with Crippen molar-refractivity contribution in [3.05, 3.63) is 22.3 Å². The van der Waals surface area contributed by atoms with Gasteiger partial charge in [-0.05, 0) is 35.0 Å². The number of nitrogens with one attached hydrogen (secondary N) is 1. The van der Waals surface area contributed by atoms with Crippen LogP contribution in [0, 0.1) is 6.92 Å². The summed E-state index contributed by atoms with van der Waals surface area (Å²) in [4.78, 5) is 14.8. The van der Waals surface area contributed by atoms with Gasteiger partial charge in [0.1, 0.15) is 12.2 Å². The minimum atomic E-state index is -4.51. The van der Waals surface area contributed by atoms with Gasteiger partial charge in [-0.25, -0.2) is 4.98 Å². The average molecular weight is 297 g/mol. The molecule has 1 amide bonds.